The van der Waals surface area contributed by atoms with Crippen molar-refractivity contribution in [3.63, 3.8) is 0 Å². The summed E-state index contributed by atoms with van der Waals surface area (Å²) in [4.78, 5) is 38.3. The van der Waals surface area contributed by atoms with E-state index in [4.69, 9.17) is 11.6 Å². The first-order valence-electron chi connectivity index (χ1n) is 8.58. The van der Waals surface area contributed by atoms with Crippen molar-refractivity contribution in [2.45, 2.75) is 20.3 Å². The van der Waals surface area contributed by atoms with Gasteiger partial charge in [-0.1, -0.05) is 17.7 Å². The minimum atomic E-state index is -0.523. The Kier molecular flexibility index (Phi) is 5.46. The van der Waals surface area contributed by atoms with Gasteiger partial charge in [0.15, 0.2) is 0 Å². The number of halogens is 1. The van der Waals surface area contributed by atoms with Crippen LogP contribution in [0.5, 0.6) is 0 Å². The van der Waals surface area contributed by atoms with Crippen LogP contribution in [0.25, 0.3) is 0 Å². The van der Waals surface area contributed by atoms with E-state index in [1.807, 2.05) is 32.0 Å². The fourth-order valence-corrected chi connectivity index (χ4v) is 3.05. The minimum Gasteiger partial charge on any atom is -0.312 e. The second kappa shape index (κ2) is 7.80. The monoisotopic (exact) mass is 385 g/mol. The molecule has 0 saturated carbocycles. The number of amides is 3. The minimum absolute atomic E-state index is 0.107. The Morgan fingerprint density at radius 1 is 1.04 bits per heavy atom. The molecule has 1 saturated heterocycles. The summed E-state index contributed by atoms with van der Waals surface area (Å²) in [5, 5.41) is 0.520. The highest BCUT2D eigenvalue weighted by Crippen LogP contribution is 2.26. The predicted molar refractivity (Wildman–Crippen MR) is 103 cm³/mol. The molecule has 1 atom stereocenters. The maximum atomic E-state index is 12.4. The van der Waals surface area contributed by atoms with Crippen LogP contribution in [0.3, 0.4) is 0 Å². The number of aryl methyl sites for hydroxylation is 2. The summed E-state index contributed by atoms with van der Waals surface area (Å²) in [6.45, 7) is 4.27. The molecule has 0 aromatic heterocycles. The number of hydrazine groups is 1. The molecule has 3 rings (SSSR count). The molecule has 0 bridgehead atoms. The number of hydrogen-bond donors (Lipinski definition) is 2. The predicted octanol–water partition coefficient (Wildman–Crippen LogP) is 2.77. The van der Waals surface area contributed by atoms with E-state index in [-0.39, 0.29) is 18.9 Å². The van der Waals surface area contributed by atoms with Gasteiger partial charge in [-0.15, -0.1) is 0 Å². The quantitative estimate of drug-likeness (QED) is 0.797. The van der Waals surface area contributed by atoms with E-state index in [1.165, 1.54) is 0 Å². The van der Waals surface area contributed by atoms with Crippen LogP contribution in [0.1, 0.15) is 27.9 Å². The number of hydrogen-bond acceptors (Lipinski definition) is 3. The molecule has 7 heteroatoms. The lowest BCUT2D eigenvalue weighted by atomic mass is 10.1. The summed E-state index contributed by atoms with van der Waals surface area (Å²) in [6.07, 6.45) is 0.107. The van der Waals surface area contributed by atoms with Crippen molar-refractivity contribution in [2.75, 3.05) is 11.4 Å². The molecule has 1 heterocycles. The fourth-order valence-electron chi connectivity index (χ4n) is 2.92. The van der Waals surface area contributed by atoms with E-state index >= 15 is 0 Å². The summed E-state index contributed by atoms with van der Waals surface area (Å²) < 4.78 is 0. The number of nitrogens with one attached hydrogen (secondary N) is 2. The molecule has 0 aliphatic carbocycles. The molecule has 0 unspecified atom stereocenters. The molecule has 0 radical (unpaired) electrons. The molecule has 0 spiro atoms. The number of nitrogens with zero attached hydrogens (tertiary/aromatic N) is 1. The van der Waals surface area contributed by atoms with Crippen molar-refractivity contribution in [3.8, 4) is 0 Å². The third-order valence-corrected chi connectivity index (χ3v) is 4.96. The number of carbonyl (C=O) groups is 3. The first-order chi connectivity index (χ1) is 12.8. The molecule has 2 aromatic carbocycles. The molecule has 140 valence electrons. The van der Waals surface area contributed by atoms with Crippen LogP contribution in [-0.4, -0.2) is 24.3 Å². The average Bonchev–Trinajstić information content (AvgIpc) is 3.04. The Hall–Kier alpha value is -2.86. The first kappa shape index (κ1) is 18.9. The standard InChI is InChI=1S/C20H20ClN3O3/c1-12-3-8-17(9-13(12)2)24-11-15(10-18(24)25)20(27)23-22-19(26)14-4-6-16(21)7-5-14/h3-9,15H,10-11H2,1-2H3,(H,22,26)(H,23,27)/t15-/m1/s1. The highest BCUT2D eigenvalue weighted by Gasteiger charge is 2.35. The number of anilines is 1. The molecule has 3 amide bonds. The van der Waals surface area contributed by atoms with E-state index in [2.05, 4.69) is 10.9 Å². The zero-order chi connectivity index (χ0) is 19.6. The van der Waals surface area contributed by atoms with Gasteiger partial charge < -0.3 is 4.90 Å². The van der Waals surface area contributed by atoms with Crippen molar-refractivity contribution in [2.24, 2.45) is 5.92 Å². The molecule has 2 N–H and O–H groups in total. The smallest absolute Gasteiger partial charge is 0.269 e. The van der Waals surface area contributed by atoms with Crippen molar-refractivity contribution in [1.29, 1.82) is 0 Å². The zero-order valence-electron chi connectivity index (χ0n) is 15.1. The average molecular weight is 386 g/mol. The molecule has 1 aliphatic rings. The third-order valence-electron chi connectivity index (χ3n) is 4.70. The van der Waals surface area contributed by atoms with Crippen molar-refractivity contribution >= 4 is 35.0 Å². The fraction of sp³-hybridized carbons (Fsp3) is 0.250. The van der Waals surface area contributed by atoms with E-state index in [0.717, 1.165) is 16.8 Å². The third kappa shape index (κ3) is 4.28. The van der Waals surface area contributed by atoms with Gasteiger partial charge in [-0.3, -0.25) is 25.2 Å². The molecular weight excluding hydrogens is 366 g/mol. The molecule has 2 aromatic rings. The van der Waals surface area contributed by atoms with Gasteiger partial charge in [0.2, 0.25) is 11.8 Å². The second-order valence-corrected chi connectivity index (χ2v) is 7.06. The Labute approximate surface area is 162 Å². The van der Waals surface area contributed by atoms with Crippen LogP contribution in [0.4, 0.5) is 5.69 Å². The topological polar surface area (TPSA) is 78.5 Å². The van der Waals surface area contributed by atoms with Gasteiger partial charge in [0.1, 0.15) is 0 Å². The molecule has 1 aliphatic heterocycles. The van der Waals surface area contributed by atoms with E-state index in [0.29, 0.717) is 10.6 Å². The Balaban J connectivity index is 1.59. The summed E-state index contributed by atoms with van der Waals surface area (Å²) >= 11 is 5.79. The van der Waals surface area contributed by atoms with Gasteiger partial charge in [-0.05, 0) is 61.4 Å². The maximum Gasteiger partial charge on any atom is 0.269 e. The highest BCUT2D eigenvalue weighted by atomic mass is 35.5. The molecule has 6 nitrogen and oxygen atoms in total. The molecule has 1 fully saturated rings. The van der Waals surface area contributed by atoms with Gasteiger partial charge in [0.05, 0.1) is 5.92 Å². The number of rotatable bonds is 3. The van der Waals surface area contributed by atoms with Crippen molar-refractivity contribution < 1.29 is 14.4 Å². The van der Waals surface area contributed by atoms with Crippen LogP contribution in [-0.2, 0) is 9.59 Å². The Morgan fingerprint density at radius 3 is 2.41 bits per heavy atom. The van der Waals surface area contributed by atoms with Crippen LogP contribution < -0.4 is 15.8 Å². The lowest BCUT2D eigenvalue weighted by molar-refractivity contribution is -0.126. The van der Waals surface area contributed by atoms with Crippen LogP contribution in [0.15, 0.2) is 42.5 Å². The Morgan fingerprint density at radius 2 is 1.74 bits per heavy atom. The lowest BCUT2D eigenvalue weighted by Crippen LogP contribution is -2.45. The maximum absolute atomic E-state index is 12.4. The SMILES string of the molecule is Cc1ccc(N2C[C@H](C(=O)NNC(=O)c3ccc(Cl)cc3)CC2=O)cc1C. The first-order valence-corrected chi connectivity index (χ1v) is 8.96. The largest absolute Gasteiger partial charge is 0.312 e. The van der Waals surface area contributed by atoms with Crippen molar-refractivity contribution in [1.82, 2.24) is 10.9 Å². The summed E-state index contributed by atoms with van der Waals surface area (Å²) in [7, 11) is 0. The van der Waals surface area contributed by atoms with Gasteiger partial charge >= 0.3 is 0 Å². The van der Waals surface area contributed by atoms with Gasteiger partial charge in [0, 0.05) is 29.2 Å². The van der Waals surface area contributed by atoms with Crippen LogP contribution >= 0.6 is 11.6 Å². The van der Waals surface area contributed by atoms with E-state index < -0.39 is 17.7 Å². The van der Waals surface area contributed by atoms with Crippen LogP contribution in [0, 0.1) is 19.8 Å². The Bertz CT molecular complexity index is 896. The number of benzene rings is 2. The highest BCUT2D eigenvalue weighted by molar-refractivity contribution is 6.30. The van der Waals surface area contributed by atoms with Crippen molar-refractivity contribution in [3.05, 3.63) is 64.2 Å². The molecule has 27 heavy (non-hydrogen) atoms. The summed E-state index contributed by atoms with van der Waals surface area (Å²) in [5.74, 6) is -1.47. The van der Waals surface area contributed by atoms with Gasteiger partial charge in [-0.25, -0.2) is 0 Å². The zero-order valence-corrected chi connectivity index (χ0v) is 15.8. The second-order valence-electron chi connectivity index (χ2n) is 6.62. The number of carbonyl (C=O) groups excluding carboxylic acids is 3. The summed E-state index contributed by atoms with van der Waals surface area (Å²) in [6, 6.07) is 12.1. The normalized spacial score (nSPS) is 16.3. The lowest BCUT2D eigenvalue weighted by Gasteiger charge is -2.18. The molecular formula is C20H20ClN3O3. The van der Waals surface area contributed by atoms with Gasteiger partial charge in [-0.2, -0.15) is 0 Å². The van der Waals surface area contributed by atoms with Crippen LogP contribution in [0.2, 0.25) is 5.02 Å². The van der Waals surface area contributed by atoms with Gasteiger partial charge in [0.25, 0.3) is 5.91 Å². The summed E-state index contributed by atoms with van der Waals surface area (Å²) in [5.41, 5.74) is 8.15. The van der Waals surface area contributed by atoms with E-state index in [1.54, 1.807) is 29.2 Å². The van der Waals surface area contributed by atoms with E-state index in [9.17, 15) is 14.4 Å².